The van der Waals surface area contributed by atoms with Crippen LogP contribution in [0.1, 0.15) is 0 Å². The number of benzene rings is 1. The summed E-state index contributed by atoms with van der Waals surface area (Å²) in [7, 11) is 1.64. The van der Waals surface area contributed by atoms with E-state index in [9.17, 15) is 0 Å². The number of nitrogens with zero attached hydrogens (tertiary/aromatic N) is 2. The monoisotopic (exact) mass is 252 g/mol. The Morgan fingerprint density at radius 2 is 2.06 bits per heavy atom. The second kappa shape index (κ2) is 5.18. The molecule has 0 unspecified atom stereocenters. The van der Waals surface area contributed by atoms with Crippen LogP contribution in [0.25, 0.3) is 0 Å². The van der Waals surface area contributed by atoms with Crippen molar-refractivity contribution in [1.82, 2.24) is 9.97 Å². The smallest absolute Gasteiger partial charge is 0.148 e. The van der Waals surface area contributed by atoms with Crippen LogP contribution in [0.15, 0.2) is 46.6 Å². The van der Waals surface area contributed by atoms with Gasteiger partial charge in [0.2, 0.25) is 0 Å². The fraction of sp³-hybridized carbons (Fsp3) is 0.0909. The molecule has 2 aromatic rings. The van der Waals surface area contributed by atoms with Crippen LogP contribution in [-0.4, -0.2) is 17.1 Å². The zero-order valence-corrected chi connectivity index (χ0v) is 10.1. The van der Waals surface area contributed by atoms with Crippen molar-refractivity contribution in [2.75, 3.05) is 7.11 Å². The first-order valence-electron chi connectivity index (χ1n) is 4.58. The lowest BCUT2D eigenvalue weighted by atomic mass is 10.3. The highest BCUT2D eigenvalue weighted by Gasteiger charge is 2.05. The van der Waals surface area contributed by atoms with Gasteiger partial charge in [-0.15, -0.1) is 0 Å². The molecule has 0 N–H and O–H groups in total. The van der Waals surface area contributed by atoms with Crippen molar-refractivity contribution in [1.29, 1.82) is 0 Å². The van der Waals surface area contributed by atoms with Gasteiger partial charge in [0, 0.05) is 0 Å². The molecule has 0 fully saturated rings. The molecule has 16 heavy (non-hydrogen) atoms. The Kier molecular flexibility index (Phi) is 3.64. The molecule has 0 bridgehead atoms. The number of ether oxygens (including phenoxy) is 1. The molecular weight excluding hydrogens is 244 g/mol. The number of aromatic nitrogens is 2. The standard InChI is InChI=1S/C11H9ClN2OS/c1-15-8-4-2-3-5-9(8)16-11-7-13-6-10(12)14-11/h2-7H,1H3. The third kappa shape index (κ3) is 2.65. The van der Waals surface area contributed by atoms with Gasteiger partial charge in [-0.1, -0.05) is 35.5 Å². The molecule has 3 nitrogen and oxygen atoms in total. The molecule has 82 valence electrons. The summed E-state index contributed by atoms with van der Waals surface area (Å²) in [5.74, 6) is 0.814. The third-order valence-corrected chi connectivity index (χ3v) is 3.01. The van der Waals surface area contributed by atoms with Gasteiger partial charge in [-0.2, -0.15) is 0 Å². The second-order valence-corrected chi connectivity index (χ2v) is 4.38. The van der Waals surface area contributed by atoms with E-state index in [4.69, 9.17) is 16.3 Å². The zero-order valence-electron chi connectivity index (χ0n) is 8.55. The highest BCUT2D eigenvalue weighted by atomic mass is 35.5. The number of halogens is 1. The minimum Gasteiger partial charge on any atom is -0.496 e. The molecule has 0 atom stereocenters. The van der Waals surface area contributed by atoms with Gasteiger partial charge in [-0.25, -0.2) is 4.98 Å². The fourth-order valence-corrected chi connectivity index (χ4v) is 2.27. The van der Waals surface area contributed by atoms with Crippen molar-refractivity contribution in [3.05, 3.63) is 41.8 Å². The van der Waals surface area contributed by atoms with E-state index in [2.05, 4.69) is 9.97 Å². The number of rotatable bonds is 3. The maximum Gasteiger partial charge on any atom is 0.148 e. The van der Waals surface area contributed by atoms with Crippen molar-refractivity contribution in [3.63, 3.8) is 0 Å². The van der Waals surface area contributed by atoms with E-state index in [1.54, 1.807) is 13.3 Å². The zero-order chi connectivity index (χ0) is 11.4. The third-order valence-electron chi connectivity index (χ3n) is 1.87. The molecule has 0 spiro atoms. The van der Waals surface area contributed by atoms with Gasteiger partial charge >= 0.3 is 0 Å². The van der Waals surface area contributed by atoms with Crippen molar-refractivity contribution in [2.45, 2.75) is 9.92 Å². The van der Waals surface area contributed by atoms with Gasteiger partial charge in [0.25, 0.3) is 0 Å². The van der Waals surface area contributed by atoms with Crippen LogP contribution in [0, 0.1) is 0 Å². The van der Waals surface area contributed by atoms with Gasteiger partial charge < -0.3 is 4.74 Å². The predicted molar refractivity (Wildman–Crippen MR) is 64.2 cm³/mol. The summed E-state index contributed by atoms with van der Waals surface area (Å²) < 4.78 is 5.25. The summed E-state index contributed by atoms with van der Waals surface area (Å²) in [5.41, 5.74) is 0. The average Bonchev–Trinajstić information content (AvgIpc) is 2.30. The molecule has 1 heterocycles. The van der Waals surface area contributed by atoms with Crippen LogP contribution < -0.4 is 4.74 Å². The first-order valence-corrected chi connectivity index (χ1v) is 5.77. The van der Waals surface area contributed by atoms with Crippen molar-refractivity contribution in [2.24, 2.45) is 0 Å². The fourth-order valence-electron chi connectivity index (χ4n) is 1.19. The lowest BCUT2D eigenvalue weighted by Gasteiger charge is -2.06. The average molecular weight is 253 g/mol. The first kappa shape index (κ1) is 11.2. The Labute approximate surface area is 103 Å². The molecule has 0 aliphatic rings. The molecule has 0 saturated heterocycles. The van der Waals surface area contributed by atoms with E-state index >= 15 is 0 Å². The summed E-state index contributed by atoms with van der Waals surface area (Å²) in [6.07, 6.45) is 3.18. The van der Waals surface area contributed by atoms with Crippen molar-refractivity contribution < 1.29 is 4.74 Å². The quantitative estimate of drug-likeness (QED) is 0.840. The van der Waals surface area contributed by atoms with Gasteiger partial charge in [0.05, 0.1) is 24.4 Å². The summed E-state index contributed by atoms with van der Waals surface area (Å²) in [4.78, 5) is 9.12. The SMILES string of the molecule is COc1ccccc1Sc1cncc(Cl)n1. The summed E-state index contributed by atoms with van der Waals surface area (Å²) in [5, 5.41) is 1.14. The lowest BCUT2D eigenvalue weighted by molar-refractivity contribution is 0.405. The van der Waals surface area contributed by atoms with E-state index < -0.39 is 0 Å². The first-order chi connectivity index (χ1) is 7.79. The molecule has 2 rings (SSSR count). The van der Waals surface area contributed by atoms with Crippen LogP contribution in [0.5, 0.6) is 5.75 Å². The molecule has 0 amide bonds. The molecule has 0 aliphatic heterocycles. The maximum absolute atomic E-state index is 5.77. The largest absolute Gasteiger partial charge is 0.496 e. The highest BCUT2D eigenvalue weighted by molar-refractivity contribution is 7.99. The summed E-state index contributed by atoms with van der Waals surface area (Å²) in [6.45, 7) is 0. The van der Waals surface area contributed by atoms with Crippen LogP contribution in [0.3, 0.4) is 0 Å². The molecule has 1 aromatic heterocycles. The topological polar surface area (TPSA) is 35.0 Å². The molecule has 1 aromatic carbocycles. The Bertz CT molecular complexity index is 493. The second-order valence-electron chi connectivity index (χ2n) is 2.93. The highest BCUT2D eigenvalue weighted by Crippen LogP contribution is 2.33. The number of para-hydroxylation sites is 1. The Morgan fingerprint density at radius 1 is 1.25 bits per heavy atom. The number of hydrogen-bond acceptors (Lipinski definition) is 4. The molecule has 0 radical (unpaired) electrons. The van der Waals surface area contributed by atoms with E-state index in [-0.39, 0.29) is 0 Å². The van der Waals surface area contributed by atoms with E-state index in [1.165, 1.54) is 18.0 Å². The molecule has 0 saturated carbocycles. The van der Waals surface area contributed by atoms with E-state index in [1.807, 2.05) is 24.3 Å². The Hall–Kier alpha value is -1.26. The maximum atomic E-state index is 5.77. The molecule has 5 heteroatoms. The number of hydrogen-bond donors (Lipinski definition) is 0. The predicted octanol–water partition coefficient (Wildman–Crippen LogP) is 3.29. The summed E-state index contributed by atoms with van der Waals surface area (Å²) in [6, 6.07) is 7.74. The molecular formula is C11H9ClN2OS. The minimum atomic E-state index is 0.389. The van der Waals surface area contributed by atoms with Gasteiger partial charge in [0.1, 0.15) is 15.9 Å². The Morgan fingerprint density at radius 3 is 2.81 bits per heavy atom. The van der Waals surface area contributed by atoms with E-state index in [0.29, 0.717) is 5.15 Å². The minimum absolute atomic E-state index is 0.389. The van der Waals surface area contributed by atoms with Crippen LogP contribution in [0.4, 0.5) is 0 Å². The normalized spacial score (nSPS) is 10.1. The van der Waals surface area contributed by atoms with Crippen LogP contribution in [-0.2, 0) is 0 Å². The van der Waals surface area contributed by atoms with E-state index in [0.717, 1.165) is 15.7 Å². The number of methoxy groups -OCH3 is 1. The van der Waals surface area contributed by atoms with Crippen molar-refractivity contribution >= 4 is 23.4 Å². The van der Waals surface area contributed by atoms with Gasteiger partial charge in [-0.3, -0.25) is 4.98 Å². The summed E-state index contributed by atoms with van der Waals surface area (Å²) >= 11 is 7.24. The van der Waals surface area contributed by atoms with Gasteiger partial charge in [0.15, 0.2) is 0 Å². The van der Waals surface area contributed by atoms with Crippen LogP contribution >= 0.6 is 23.4 Å². The van der Waals surface area contributed by atoms with Gasteiger partial charge in [-0.05, 0) is 12.1 Å². The Balaban J connectivity index is 2.26. The van der Waals surface area contributed by atoms with Crippen molar-refractivity contribution in [3.8, 4) is 5.75 Å². The lowest BCUT2D eigenvalue weighted by Crippen LogP contribution is -1.87. The molecule has 0 aliphatic carbocycles. The van der Waals surface area contributed by atoms with Crippen LogP contribution in [0.2, 0.25) is 5.15 Å².